The Hall–Kier alpha value is -2.53. The van der Waals surface area contributed by atoms with E-state index in [1.807, 2.05) is 12.1 Å². The smallest absolute Gasteiger partial charge is 0.255 e. The number of aromatic hydroxyl groups is 1. The van der Waals surface area contributed by atoms with E-state index >= 15 is 0 Å². The fourth-order valence-corrected chi connectivity index (χ4v) is 1.86. The summed E-state index contributed by atoms with van der Waals surface area (Å²) in [6.07, 6.45) is 0. The van der Waals surface area contributed by atoms with Crippen LogP contribution in [0.25, 0.3) is 0 Å². The van der Waals surface area contributed by atoms with Crippen LogP contribution < -0.4 is 10.1 Å². The summed E-state index contributed by atoms with van der Waals surface area (Å²) in [6.45, 7) is 0.325. The van der Waals surface area contributed by atoms with Gasteiger partial charge in [0.05, 0.1) is 19.3 Å². The van der Waals surface area contributed by atoms with Crippen LogP contribution in [0.4, 0.5) is 0 Å². The molecule has 0 aliphatic heterocycles. The molecule has 0 aliphatic carbocycles. The molecule has 2 aromatic carbocycles. The number of methoxy groups -OCH3 is 1. The molecular weight excluding hydrogens is 270 g/mol. The Balaban J connectivity index is 2.04. The van der Waals surface area contributed by atoms with Gasteiger partial charge in [-0.25, -0.2) is 0 Å². The van der Waals surface area contributed by atoms with Gasteiger partial charge in [0.1, 0.15) is 11.5 Å². The zero-order valence-corrected chi connectivity index (χ0v) is 11.7. The number of nitrogens with one attached hydrogen (secondary N) is 1. The van der Waals surface area contributed by atoms with Crippen molar-refractivity contribution in [2.45, 2.75) is 13.2 Å². The number of benzene rings is 2. The Labute approximate surface area is 122 Å². The lowest BCUT2D eigenvalue weighted by atomic mass is 10.1. The molecule has 5 nitrogen and oxygen atoms in total. The van der Waals surface area contributed by atoms with Crippen molar-refractivity contribution in [3.8, 4) is 11.5 Å². The third-order valence-corrected chi connectivity index (χ3v) is 3.11. The van der Waals surface area contributed by atoms with E-state index in [0.29, 0.717) is 12.3 Å². The van der Waals surface area contributed by atoms with Gasteiger partial charge in [0.2, 0.25) is 0 Å². The second-order valence-corrected chi connectivity index (χ2v) is 4.54. The second kappa shape index (κ2) is 6.76. The minimum atomic E-state index is -0.377. The van der Waals surface area contributed by atoms with E-state index in [1.165, 1.54) is 19.2 Å². The van der Waals surface area contributed by atoms with Crippen LogP contribution in [0.1, 0.15) is 21.5 Å². The van der Waals surface area contributed by atoms with E-state index in [-0.39, 0.29) is 23.8 Å². The number of phenolic OH excluding ortho intramolecular Hbond substituents is 1. The van der Waals surface area contributed by atoms with E-state index in [2.05, 4.69) is 5.32 Å². The number of amides is 1. The first-order valence-electron chi connectivity index (χ1n) is 6.48. The molecule has 0 atom stereocenters. The summed E-state index contributed by atoms with van der Waals surface area (Å²) in [4.78, 5) is 12.1. The number of aliphatic hydroxyl groups is 1. The van der Waals surface area contributed by atoms with Crippen molar-refractivity contribution in [2.24, 2.45) is 0 Å². The number of rotatable bonds is 5. The SMILES string of the molecule is COc1ccc(O)c(C(=O)NCc2ccc(CO)cc2)c1. The Bertz CT molecular complexity index is 623. The van der Waals surface area contributed by atoms with Crippen molar-refractivity contribution in [2.75, 3.05) is 7.11 Å². The highest BCUT2D eigenvalue weighted by atomic mass is 16.5. The van der Waals surface area contributed by atoms with Gasteiger partial charge in [-0.3, -0.25) is 4.79 Å². The number of hydrogen-bond acceptors (Lipinski definition) is 4. The van der Waals surface area contributed by atoms with Crippen molar-refractivity contribution in [3.05, 3.63) is 59.2 Å². The third kappa shape index (κ3) is 3.73. The van der Waals surface area contributed by atoms with Crippen molar-refractivity contribution >= 4 is 5.91 Å². The lowest BCUT2D eigenvalue weighted by Gasteiger charge is -2.09. The summed E-state index contributed by atoms with van der Waals surface area (Å²) in [5, 5.41) is 21.4. The normalized spacial score (nSPS) is 10.2. The van der Waals surface area contributed by atoms with Gasteiger partial charge >= 0.3 is 0 Å². The highest BCUT2D eigenvalue weighted by Crippen LogP contribution is 2.22. The maximum Gasteiger partial charge on any atom is 0.255 e. The molecule has 0 heterocycles. The quantitative estimate of drug-likeness (QED) is 0.784. The van der Waals surface area contributed by atoms with E-state index in [4.69, 9.17) is 9.84 Å². The van der Waals surface area contributed by atoms with Gasteiger partial charge in [0.15, 0.2) is 0 Å². The average molecular weight is 287 g/mol. The fraction of sp³-hybridized carbons (Fsp3) is 0.188. The Morgan fingerprint density at radius 1 is 1.14 bits per heavy atom. The predicted molar refractivity (Wildman–Crippen MR) is 78.2 cm³/mol. The largest absolute Gasteiger partial charge is 0.507 e. The molecular formula is C16H17NO4. The molecule has 0 spiro atoms. The Kier molecular flexibility index (Phi) is 4.79. The molecule has 1 amide bonds. The summed E-state index contributed by atoms with van der Waals surface area (Å²) in [6, 6.07) is 11.7. The van der Waals surface area contributed by atoms with Crippen LogP contribution in [0.3, 0.4) is 0 Å². The first-order chi connectivity index (χ1) is 10.1. The molecule has 21 heavy (non-hydrogen) atoms. The number of aliphatic hydroxyl groups excluding tert-OH is 1. The van der Waals surface area contributed by atoms with Gasteiger partial charge < -0.3 is 20.3 Å². The molecule has 2 rings (SSSR count). The second-order valence-electron chi connectivity index (χ2n) is 4.54. The zero-order valence-electron chi connectivity index (χ0n) is 11.7. The number of carbonyl (C=O) groups excluding carboxylic acids is 1. The maximum atomic E-state index is 12.1. The van der Waals surface area contributed by atoms with Crippen LogP contribution in [0.2, 0.25) is 0 Å². The minimum Gasteiger partial charge on any atom is -0.507 e. The van der Waals surface area contributed by atoms with E-state index < -0.39 is 0 Å². The van der Waals surface area contributed by atoms with E-state index in [1.54, 1.807) is 18.2 Å². The number of carbonyl (C=O) groups is 1. The van der Waals surface area contributed by atoms with Gasteiger partial charge in [-0.15, -0.1) is 0 Å². The lowest BCUT2D eigenvalue weighted by Crippen LogP contribution is -2.22. The lowest BCUT2D eigenvalue weighted by molar-refractivity contribution is 0.0948. The Morgan fingerprint density at radius 3 is 2.43 bits per heavy atom. The topological polar surface area (TPSA) is 78.8 Å². The Morgan fingerprint density at radius 2 is 1.81 bits per heavy atom. The summed E-state index contributed by atoms with van der Waals surface area (Å²) in [7, 11) is 1.50. The molecule has 0 bridgehead atoms. The van der Waals surface area contributed by atoms with Crippen molar-refractivity contribution in [3.63, 3.8) is 0 Å². The monoisotopic (exact) mass is 287 g/mol. The van der Waals surface area contributed by atoms with Gasteiger partial charge in [0, 0.05) is 6.54 Å². The summed E-state index contributed by atoms with van der Waals surface area (Å²) in [5.41, 5.74) is 1.89. The van der Waals surface area contributed by atoms with Crippen molar-refractivity contribution in [1.29, 1.82) is 0 Å². The molecule has 3 N–H and O–H groups in total. The molecule has 0 saturated carbocycles. The van der Waals surface area contributed by atoms with Crippen molar-refractivity contribution in [1.82, 2.24) is 5.32 Å². The minimum absolute atomic E-state index is 0.00960. The predicted octanol–water partition coefficient (Wildman–Crippen LogP) is 1.82. The van der Waals surface area contributed by atoms with Crippen LogP contribution in [0.5, 0.6) is 11.5 Å². The van der Waals surface area contributed by atoms with Crippen LogP contribution in [-0.2, 0) is 13.2 Å². The molecule has 110 valence electrons. The molecule has 5 heteroatoms. The summed E-state index contributed by atoms with van der Waals surface area (Å²) >= 11 is 0. The molecule has 0 fully saturated rings. The first-order valence-corrected chi connectivity index (χ1v) is 6.48. The number of ether oxygens (including phenoxy) is 1. The third-order valence-electron chi connectivity index (χ3n) is 3.11. The molecule has 0 unspecified atom stereocenters. The van der Waals surface area contributed by atoms with Crippen LogP contribution in [-0.4, -0.2) is 23.2 Å². The van der Waals surface area contributed by atoms with Gasteiger partial charge in [-0.1, -0.05) is 24.3 Å². The molecule has 2 aromatic rings. The first kappa shape index (κ1) is 14.9. The number of phenols is 1. The van der Waals surface area contributed by atoms with E-state index in [0.717, 1.165) is 11.1 Å². The molecule has 0 radical (unpaired) electrons. The summed E-state index contributed by atoms with van der Waals surface area (Å²) < 4.78 is 5.03. The van der Waals surface area contributed by atoms with Gasteiger partial charge in [-0.05, 0) is 29.3 Å². The molecule has 0 aromatic heterocycles. The van der Waals surface area contributed by atoms with Crippen LogP contribution in [0, 0.1) is 0 Å². The molecule has 0 saturated heterocycles. The fourth-order valence-electron chi connectivity index (χ4n) is 1.86. The zero-order chi connectivity index (χ0) is 15.2. The van der Waals surface area contributed by atoms with E-state index in [9.17, 15) is 9.90 Å². The number of hydrogen-bond donors (Lipinski definition) is 3. The van der Waals surface area contributed by atoms with Gasteiger partial charge in [0.25, 0.3) is 5.91 Å². The van der Waals surface area contributed by atoms with Crippen molar-refractivity contribution < 1.29 is 19.7 Å². The van der Waals surface area contributed by atoms with Crippen LogP contribution in [0.15, 0.2) is 42.5 Å². The van der Waals surface area contributed by atoms with Gasteiger partial charge in [-0.2, -0.15) is 0 Å². The highest BCUT2D eigenvalue weighted by molar-refractivity contribution is 5.97. The highest BCUT2D eigenvalue weighted by Gasteiger charge is 2.12. The van der Waals surface area contributed by atoms with Crippen LogP contribution >= 0.6 is 0 Å². The molecule has 0 aliphatic rings. The standard InChI is InChI=1S/C16H17NO4/c1-21-13-6-7-15(19)14(8-13)16(20)17-9-11-2-4-12(10-18)5-3-11/h2-8,18-19H,9-10H2,1H3,(H,17,20). The average Bonchev–Trinajstić information content (AvgIpc) is 2.53. The maximum absolute atomic E-state index is 12.1. The summed E-state index contributed by atoms with van der Waals surface area (Å²) in [5.74, 6) is 0.0341.